The van der Waals surface area contributed by atoms with Crippen molar-refractivity contribution in [3.05, 3.63) is 0 Å². The molecule has 1 aliphatic rings. The normalized spacial score (nSPS) is 25.9. The Morgan fingerprint density at radius 1 is 0.882 bits per heavy atom. The van der Waals surface area contributed by atoms with E-state index in [1.807, 2.05) is 0 Å². The molecule has 0 saturated carbocycles. The summed E-state index contributed by atoms with van der Waals surface area (Å²) in [6.45, 7) is 20.5. The van der Waals surface area contributed by atoms with Gasteiger partial charge in [0.05, 0.1) is 0 Å². The monoisotopic (exact) mass is 270 g/mol. The maximum atomic E-state index is 2.67. The zero-order valence-corrected chi connectivity index (χ0v) is 15.5. The number of rotatable bonds is 2. The van der Waals surface area contributed by atoms with Crippen LogP contribution in [0.25, 0.3) is 0 Å². The van der Waals surface area contributed by atoms with E-state index in [0.717, 1.165) is 11.8 Å². The maximum Gasteiger partial charge on any atom is 0.0413 e. The van der Waals surface area contributed by atoms with E-state index in [-0.39, 0.29) is 0 Å². The number of hydrogen-bond acceptors (Lipinski definition) is 0. The second kappa shape index (κ2) is 4.84. The Bertz CT molecular complexity index is 246. The van der Waals surface area contributed by atoms with Gasteiger partial charge in [-0.25, -0.2) is 0 Å². The van der Waals surface area contributed by atoms with Crippen molar-refractivity contribution in [3.63, 3.8) is 0 Å². The summed E-state index contributed by atoms with van der Waals surface area (Å²) in [5, 5.41) is 0. The van der Waals surface area contributed by atoms with Crippen molar-refractivity contribution in [1.82, 2.24) is 0 Å². The van der Waals surface area contributed by atoms with Crippen LogP contribution < -0.4 is 0 Å². The lowest BCUT2D eigenvalue weighted by molar-refractivity contribution is 0.129. The highest BCUT2D eigenvalue weighted by molar-refractivity contribution is 7.40. The minimum absolute atomic E-state index is 0.541. The zero-order valence-electron chi connectivity index (χ0n) is 13.5. The van der Waals surface area contributed by atoms with Gasteiger partial charge in [-0.1, -0.05) is 78.8 Å². The quantitative estimate of drug-likeness (QED) is 0.575. The van der Waals surface area contributed by atoms with Crippen molar-refractivity contribution in [2.24, 2.45) is 17.3 Å². The molecule has 1 rings (SSSR count). The molecule has 0 nitrogen and oxygen atoms in total. The molecule has 0 amide bonds. The summed E-state index contributed by atoms with van der Waals surface area (Å²) in [5.41, 5.74) is 0.541. The summed E-state index contributed by atoms with van der Waals surface area (Å²) in [7, 11) is -1.77. The molecule has 1 heterocycles. The van der Waals surface area contributed by atoms with Gasteiger partial charge in [0, 0.05) is 15.2 Å². The van der Waals surface area contributed by atoms with E-state index in [1.165, 1.54) is 12.8 Å². The van der Waals surface area contributed by atoms with Crippen molar-refractivity contribution < 1.29 is 0 Å². The van der Waals surface area contributed by atoms with E-state index in [9.17, 15) is 0 Å². The average molecular weight is 271 g/mol. The summed E-state index contributed by atoms with van der Waals surface area (Å²) in [4.78, 5) is 0. The highest BCUT2D eigenvalue weighted by Gasteiger charge is 2.45. The lowest BCUT2D eigenvalue weighted by Gasteiger charge is -2.38. The molecule has 1 aliphatic heterocycles. The van der Waals surface area contributed by atoms with E-state index >= 15 is 0 Å². The minimum atomic E-state index is -0.885. The van der Waals surface area contributed by atoms with Crippen LogP contribution in [0.15, 0.2) is 0 Å². The summed E-state index contributed by atoms with van der Waals surface area (Å²) < 4.78 is 0. The van der Waals surface area contributed by atoms with Crippen LogP contribution in [-0.2, 0) is 0 Å². The molecule has 1 fully saturated rings. The molecule has 1 saturated heterocycles. The van der Waals surface area contributed by atoms with Crippen molar-refractivity contribution >= 4 is 15.2 Å². The van der Waals surface area contributed by atoms with Crippen LogP contribution in [0.3, 0.4) is 0 Å². The highest BCUT2D eigenvalue weighted by Crippen LogP contribution is 2.46. The third kappa shape index (κ3) is 3.06. The Morgan fingerprint density at radius 3 is 1.53 bits per heavy atom. The van der Waals surface area contributed by atoms with Crippen LogP contribution in [0.5, 0.6) is 0 Å². The molecular formula is C15H34Si2. The zero-order chi connectivity index (χ0) is 13.5. The first-order valence-electron chi connectivity index (χ1n) is 7.51. The molecule has 0 aromatic heterocycles. The standard InChI is InChI=1S/C15H34Si2/c1-13(2)15(3,4)14-9-11-16(5,6)17(7,8)12-10-14/h13-14H,9-12H2,1-8H3. The molecule has 0 bridgehead atoms. The van der Waals surface area contributed by atoms with Gasteiger partial charge >= 0.3 is 0 Å². The first-order chi connectivity index (χ1) is 7.51. The third-order valence-corrected chi connectivity index (χ3v) is 25.8. The fourth-order valence-corrected chi connectivity index (χ4v) is 11.5. The second-order valence-corrected chi connectivity index (χ2v) is 25.2. The third-order valence-electron chi connectivity index (χ3n) is 6.61. The largest absolute Gasteiger partial charge is 0.0713 e. The van der Waals surface area contributed by atoms with Crippen LogP contribution in [0, 0.1) is 17.3 Å². The average Bonchev–Trinajstić information content (AvgIpc) is 2.25. The van der Waals surface area contributed by atoms with Crippen LogP contribution in [0.1, 0.15) is 40.5 Å². The molecule has 0 spiro atoms. The molecule has 0 aromatic carbocycles. The van der Waals surface area contributed by atoms with Crippen molar-refractivity contribution in [1.29, 1.82) is 0 Å². The molecule has 0 radical (unpaired) electrons. The Morgan fingerprint density at radius 2 is 1.24 bits per heavy atom. The van der Waals surface area contributed by atoms with Gasteiger partial charge in [0.15, 0.2) is 0 Å². The predicted octanol–water partition coefficient (Wildman–Crippen LogP) is 5.57. The SMILES string of the molecule is CC(C)C(C)(C)C1CC[Si](C)(C)[Si](C)(C)CC1. The fraction of sp³-hybridized carbons (Fsp3) is 1.00. The van der Waals surface area contributed by atoms with Crippen LogP contribution in [0.4, 0.5) is 0 Å². The lowest BCUT2D eigenvalue weighted by Crippen LogP contribution is -2.53. The highest BCUT2D eigenvalue weighted by atomic mass is 29.3. The van der Waals surface area contributed by atoms with Crippen molar-refractivity contribution in [3.8, 4) is 0 Å². The topological polar surface area (TPSA) is 0 Å². The van der Waals surface area contributed by atoms with E-state index in [4.69, 9.17) is 0 Å². The molecule has 0 N–H and O–H groups in total. The van der Waals surface area contributed by atoms with Gasteiger partial charge in [-0.2, -0.15) is 0 Å². The van der Waals surface area contributed by atoms with Gasteiger partial charge in [-0.05, 0) is 17.3 Å². The predicted molar refractivity (Wildman–Crippen MR) is 85.9 cm³/mol. The molecular weight excluding hydrogens is 236 g/mol. The Kier molecular flexibility index (Phi) is 4.41. The van der Waals surface area contributed by atoms with Gasteiger partial charge < -0.3 is 0 Å². The van der Waals surface area contributed by atoms with Crippen molar-refractivity contribution in [2.45, 2.75) is 78.8 Å². The molecule has 0 aromatic rings. The lowest BCUT2D eigenvalue weighted by atomic mass is 9.68. The van der Waals surface area contributed by atoms with E-state index < -0.39 is 15.2 Å². The summed E-state index contributed by atoms with van der Waals surface area (Å²) in [6, 6.07) is 3.18. The Labute approximate surface area is 111 Å². The van der Waals surface area contributed by atoms with E-state index in [2.05, 4.69) is 53.9 Å². The molecule has 102 valence electrons. The van der Waals surface area contributed by atoms with Crippen molar-refractivity contribution in [2.75, 3.05) is 0 Å². The summed E-state index contributed by atoms with van der Waals surface area (Å²) in [5.74, 6) is 1.80. The maximum absolute atomic E-state index is 2.67. The van der Waals surface area contributed by atoms with Crippen LogP contribution in [-0.4, -0.2) is 15.2 Å². The summed E-state index contributed by atoms with van der Waals surface area (Å²) >= 11 is 0. The minimum Gasteiger partial charge on any atom is -0.0713 e. The molecule has 0 atom stereocenters. The summed E-state index contributed by atoms with van der Waals surface area (Å²) in [6.07, 6.45) is 3.03. The van der Waals surface area contributed by atoms with Gasteiger partial charge in [0.2, 0.25) is 0 Å². The van der Waals surface area contributed by atoms with Gasteiger partial charge in [0.1, 0.15) is 0 Å². The fourth-order valence-electron chi connectivity index (χ4n) is 3.11. The van der Waals surface area contributed by atoms with Gasteiger partial charge in [-0.3, -0.25) is 0 Å². The molecule has 0 unspecified atom stereocenters. The van der Waals surface area contributed by atoms with E-state index in [0.29, 0.717) is 5.41 Å². The van der Waals surface area contributed by atoms with Gasteiger partial charge in [-0.15, -0.1) is 0 Å². The molecule has 0 aliphatic carbocycles. The molecule has 17 heavy (non-hydrogen) atoms. The van der Waals surface area contributed by atoms with Gasteiger partial charge in [0.25, 0.3) is 0 Å². The smallest absolute Gasteiger partial charge is 0.0413 e. The Balaban J connectivity index is 2.85. The first kappa shape index (κ1) is 15.5. The van der Waals surface area contributed by atoms with Crippen LogP contribution >= 0.6 is 0 Å². The van der Waals surface area contributed by atoms with E-state index in [1.54, 1.807) is 12.1 Å². The van der Waals surface area contributed by atoms with Crippen LogP contribution in [0.2, 0.25) is 38.3 Å². The first-order valence-corrected chi connectivity index (χ1v) is 14.9. The molecule has 2 heteroatoms. The Hall–Kier alpha value is 0.434. The number of hydrogen-bond donors (Lipinski definition) is 0. The second-order valence-electron chi connectivity index (χ2n) is 8.52.